The highest BCUT2D eigenvalue weighted by atomic mass is 16.4. The van der Waals surface area contributed by atoms with Crippen LogP contribution in [0.5, 0.6) is 0 Å². The number of nitrogens with one attached hydrogen (secondary N) is 2. The molecule has 0 aromatic heterocycles. The number of carboxylic acids is 1. The number of para-hydroxylation sites is 1. The standard InChI is InChI=1S/C19H24N2O4/c1-19(2,3)21-17(23)14-10-6-7-11-15(14)20-16(22)12-8-4-5-9-13(12)18(24)25/h4-7,10-13H,8-9H2,1-3H3,(H,20,22)(H,21,23)(H,24,25)/t12-,13+/m1/s1. The number of rotatable bonds is 4. The number of allylic oxidation sites excluding steroid dienone is 2. The lowest BCUT2D eigenvalue weighted by atomic mass is 9.82. The molecular formula is C19H24N2O4. The van der Waals surface area contributed by atoms with Gasteiger partial charge in [0.05, 0.1) is 23.1 Å². The molecule has 0 saturated heterocycles. The summed E-state index contributed by atoms with van der Waals surface area (Å²) in [6.07, 6.45) is 4.31. The minimum atomic E-state index is -0.983. The molecule has 0 radical (unpaired) electrons. The Labute approximate surface area is 147 Å². The zero-order valence-corrected chi connectivity index (χ0v) is 14.7. The summed E-state index contributed by atoms with van der Waals surface area (Å²) in [7, 11) is 0. The van der Waals surface area contributed by atoms with Gasteiger partial charge in [-0.25, -0.2) is 0 Å². The molecule has 3 N–H and O–H groups in total. The third-order valence-corrected chi connectivity index (χ3v) is 4.00. The fourth-order valence-electron chi connectivity index (χ4n) is 2.80. The van der Waals surface area contributed by atoms with Crippen LogP contribution in [0, 0.1) is 11.8 Å². The Morgan fingerprint density at radius 3 is 2.24 bits per heavy atom. The van der Waals surface area contributed by atoms with Gasteiger partial charge in [-0.3, -0.25) is 14.4 Å². The van der Waals surface area contributed by atoms with Crippen molar-refractivity contribution in [3.8, 4) is 0 Å². The number of carboxylic acid groups (broad SMARTS) is 1. The van der Waals surface area contributed by atoms with E-state index in [4.69, 9.17) is 0 Å². The van der Waals surface area contributed by atoms with E-state index in [1.807, 2.05) is 26.8 Å². The lowest BCUT2D eigenvalue weighted by Crippen LogP contribution is -2.41. The summed E-state index contributed by atoms with van der Waals surface area (Å²) in [6, 6.07) is 6.71. The summed E-state index contributed by atoms with van der Waals surface area (Å²) in [5.41, 5.74) is 0.327. The second-order valence-corrected chi connectivity index (χ2v) is 7.23. The van der Waals surface area contributed by atoms with Crippen molar-refractivity contribution >= 4 is 23.5 Å². The second kappa shape index (κ2) is 7.51. The first kappa shape index (κ1) is 18.7. The third kappa shape index (κ3) is 4.92. The molecule has 1 aliphatic rings. The molecule has 0 aliphatic heterocycles. The average molecular weight is 344 g/mol. The Balaban J connectivity index is 2.20. The molecule has 1 aromatic rings. The topological polar surface area (TPSA) is 95.5 Å². The molecule has 6 heteroatoms. The molecule has 0 unspecified atom stereocenters. The van der Waals surface area contributed by atoms with E-state index in [1.54, 1.807) is 30.3 Å². The smallest absolute Gasteiger partial charge is 0.307 e. The van der Waals surface area contributed by atoms with Gasteiger partial charge in [-0.2, -0.15) is 0 Å². The van der Waals surface area contributed by atoms with Crippen molar-refractivity contribution in [1.82, 2.24) is 5.32 Å². The summed E-state index contributed by atoms with van der Waals surface area (Å²) in [4.78, 5) is 36.4. The number of anilines is 1. The first-order valence-electron chi connectivity index (χ1n) is 8.29. The molecule has 0 spiro atoms. The molecular weight excluding hydrogens is 320 g/mol. The molecule has 2 rings (SSSR count). The van der Waals surface area contributed by atoms with Crippen LogP contribution in [0.4, 0.5) is 5.69 Å². The van der Waals surface area contributed by atoms with Gasteiger partial charge in [0, 0.05) is 5.54 Å². The van der Waals surface area contributed by atoms with E-state index < -0.39 is 23.3 Å². The first-order chi connectivity index (χ1) is 11.7. The van der Waals surface area contributed by atoms with Gasteiger partial charge in [0.25, 0.3) is 5.91 Å². The molecule has 1 aliphatic carbocycles. The predicted octanol–water partition coefficient (Wildman–Crippen LogP) is 2.82. The molecule has 0 bridgehead atoms. The Morgan fingerprint density at radius 2 is 1.64 bits per heavy atom. The van der Waals surface area contributed by atoms with Crippen molar-refractivity contribution in [1.29, 1.82) is 0 Å². The van der Waals surface area contributed by atoms with Crippen LogP contribution in [0.2, 0.25) is 0 Å². The summed E-state index contributed by atoms with van der Waals surface area (Å²) < 4.78 is 0. The van der Waals surface area contributed by atoms with E-state index in [0.717, 1.165) is 0 Å². The van der Waals surface area contributed by atoms with Gasteiger partial charge in [-0.15, -0.1) is 0 Å². The summed E-state index contributed by atoms with van der Waals surface area (Å²) in [6.45, 7) is 5.62. The summed E-state index contributed by atoms with van der Waals surface area (Å²) in [5, 5.41) is 14.9. The normalized spacial score (nSPS) is 20.0. The summed E-state index contributed by atoms with van der Waals surface area (Å²) >= 11 is 0. The fraction of sp³-hybridized carbons (Fsp3) is 0.421. The van der Waals surface area contributed by atoms with Crippen molar-refractivity contribution in [2.24, 2.45) is 11.8 Å². The fourth-order valence-corrected chi connectivity index (χ4v) is 2.80. The van der Waals surface area contributed by atoms with Gasteiger partial charge in [-0.1, -0.05) is 24.3 Å². The van der Waals surface area contributed by atoms with Crippen LogP contribution >= 0.6 is 0 Å². The van der Waals surface area contributed by atoms with Crippen molar-refractivity contribution in [3.05, 3.63) is 42.0 Å². The van der Waals surface area contributed by atoms with Crippen LogP contribution < -0.4 is 10.6 Å². The second-order valence-electron chi connectivity index (χ2n) is 7.23. The number of hydrogen-bond donors (Lipinski definition) is 3. The lowest BCUT2D eigenvalue weighted by Gasteiger charge is -2.25. The predicted molar refractivity (Wildman–Crippen MR) is 95.3 cm³/mol. The van der Waals surface area contributed by atoms with Gasteiger partial charge >= 0.3 is 5.97 Å². The van der Waals surface area contributed by atoms with Crippen molar-refractivity contribution < 1.29 is 19.5 Å². The van der Waals surface area contributed by atoms with E-state index in [0.29, 0.717) is 24.1 Å². The van der Waals surface area contributed by atoms with E-state index in [2.05, 4.69) is 10.6 Å². The lowest BCUT2D eigenvalue weighted by molar-refractivity contribution is -0.146. The first-order valence-corrected chi connectivity index (χ1v) is 8.29. The zero-order valence-electron chi connectivity index (χ0n) is 14.7. The quantitative estimate of drug-likeness (QED) is 0.732. The monoisotopic (exact) mass is 344 g/mol. The minimum Gasteiger partial charge on any atom is -0.481 e. The maximum Gasteiger partial charge on any atom is 0.307 e. The largest absolute Gasteiger partial charge is 0.481 e. The van der Waals surface area contributed by atoms with Crippen molar-refractivity contribution in [2.45, 2.75) is 39.2 Å². The van der Waals surface area contributed by atoms with Crippen molar-refractivity contribution in [3.63, 3.8) is 0 Å². The Hall–Kier alpha value is -2.63. The SMILES string of the molecule is CC(C)(C)NC(=O)c1ccccc1NC(=O)[C@@H]1CC=CC[C@@H]1C(=O)O. The van der Waals surface area contributed by atoms with Crippen LogP contribution in [0.15, 0.2) is 36.4 Å². The number of carbonyl (C=O) groups excluding carboxylic acids is 2. The Bertz CT molecular complexity index is 704. The Morgan fingerprint density at radius 1 is 1.04 bits per heavy atom. The molecule has 0 fully saturated rings. The van der Waals surface area contributed by atoms with Crippen molar-refractivity contribution in [2.75, 3.05) is 5.32 Å². The molecule has 2 amide bonds. The van der Waals surface area contributed by atoms with Crippen LogP contribution in [-0.2, 0) is 9.59 Å². The number of benzene rings is 1. The van der Waals surface area contributed by atoms with Crippen LogP contribution in [0.3, 0.4) is 0 Å². The number of amides is 2. The number of carbonyl (C=O) groups is 3. The third-order valence-electron chi connectivity index (χ3n) is 4.00. The number of aliphatic carboxylic acids is 1. The number of hydrogen-bond acceptors (Lipinski definition) is 3. The van der Waals surface area contributed by atoms with E-state index >= 15 is 0 Å². The molecule has 0 heterocycles. The highest BCUT2D eigenvalue weighted by molar-refractivity contribution is 6.05. The van der Waals surface area contributed by atoms with Gasteiger partial charge < -0.3 is 15.7 Å². The average Bonchev–Trinajstić information content (AvgIpc) is 2.53. The van der Waals surface area contributed by atoms with Gasteiger partial charge in [-0.05, 0) is 45.7 Å². The maximum absolute atomic E-state index is 12.6. The molecule has 0 saturated carbocycles. The molecule has 134 valence electrons. The highest BCUT2D eigenvalue weighted by Gasteiger charge is 2.34. The maximum atomic E-state index is 12.6. The molecule has 6 nitrogen and oxygen atoms in total. The van der Waals surface area contributed by atoms with E-state index in [1.165, 1.54) is 0 Å². The van der Waals surface area contributed by atoms with E-state index in [-0.39, 0.29) is 11.8 Å². The highest BCUT2D eigenvalue weighted by Crippen LogP contribution is 2.28. The molecule has 2 atom stereocenters. The summed E-state index contributed by atoms with van der Waals surface area (Å²) in [5.74, 6) is -3.06. The van der Waals surface area contributed by atoms with Crippen LogP contribution in [0.25, 0.3) is 0 Å². The van der Waals surface area contributed by atoms with Gasteiger partial charge in [0.15, 0.2) is 0 Å². The van der Waals surface area contributed by atoms with Gasteiger partial charge in [0.1, 0.15) is 0 Å². The van der Waals surface area contributed by atoms with E-state index in [9.17, 15) is 19.5 Å². The minimum absolute atomic E-state index is 0.290. The molecule has 1 aromatic carbocycles. The van der Waals surface area contributed by atoms with Crippen LogP contribution in [-0.4, -0.2) is 28.4 Å². The van der Waals surface area contributed by atoms with Crippen LogP contribution in [0.1, 0.15) is 44.0 Å². The molecule has 25 heavy (non-hydrogen) atoms. The zero-order chi connectivity index (χ0) is 18.6. The van der Waals surface area contributed by atoms with Gasteiger partial charge in [0.2, 0.25) is 5.91 Å². The Kier molecular flexibility index (Phi) is 5.62.